The predicted molar refractivity (Wildman–Crippen MR) is 98.0 cm³/mol. The Labute approximate surface area is 145 Å². The standard InChI is InChI=1S/C20H19N3O2/c1-13-14(2)23(12-24-3)19-16(13)8-10-22-20(19)25-18-6-4-5-15-11-21-9-7-17(15)18/h4-11H,12H2,1-3H3. The molecule has 25 heavy (non-hydrogen) atoms. The summed E-state index contributed by atoms with van der Waals surface area (Å²) < 4.78 is 13.7. The topological polar surface area (TPSA) is 49.2 Å². The largest absolute Gasteiger partial charge is 0.436 e. The van der Waals surface area contributed by atoms with Gasteiger partial charge in [-0.3, -0.25) is 4.98 Å². The SMILES string of the molecule is COCn1c(C)c(C)c2ccnc(Oc3cccc4cnccc34)c21. The van der Waals surface area contributed by atoms with Gasteiger partial charge in [0.1, 0.15) is 18.0 Å². The van der Waals surface area contributed by atoms with Crippen molar-refractivity contribution in [1.29, 1.82) is 0 Å². The van der Waals surface area contributed by atoms with Crippen LogP contribution in [0.15, 0.2) is 48.9 Å². The van der Waals surface area contributed by atoms with Crippen LogP contribution in [-0.4, -0.2) is 21.6 Å². The van der Waals surface area contributed by atoms with E-state index < -0.39 is 0 Å². The third kappa shape index (κ3) is 2.53. The highest BCUT2D eigenvalue weighted by molar-refractivity contribution is 5.91. The van der Waals surface area contributed by atoms with E-state index in [1.807, 2.05) is 36.5 Å². The van der Waals surface area contributed by atoms with Crippen LogP contribution in [0.25, 0.3) is 21.7 Å². The smallest absolute Gasteiger partial charge is 0.244 e. The second kappa shape index (κ2) is 6.18. The first kappa shape index (κ1) is 15.6. The van der Waals surface area contributed by atoms with Crippen LogP contribution in [0.1, 0.15) is 11.3 Å². The quantitative estimate of drug-likeness (QED) is 0.548. The van der Waals surface area contributed by atoms with Crippen LogP contribution >= 0.6 is 0 Å². The summed E-state index contributed by atoms with van der Waals surface area (Å²) in [5.74, 6) is 1.34. The Hall–Kier alpha value is -2.92. The Kier molecular flexibility index (Phi) is 3.86. The van der Waals surface area contributed by atoms with Crippen LogP contribution in [0.2, 0.25) is 0 Å². The third-order valence-corrected chi connectivity index (χ3v) is 4.62. The van der Waals surface area contributed by atoms with E-state index in [2.05, 4.69) is 28.4 Å². The fourth-order valence-corrected chi connectivity index (χ4v) is 3.21. The lowest BCUT2D eigenvalue weighted by atomic mass is 10.1. The summed E-state index contributed by atoms with van der Waals surface area (Å²) in [4.78, 5) is 8.66. The number of aromatic nitrogens is 3. The minimum absolute atomic E-state index is 0.456. The molecule has 3 aromatic heterocycles. The molecular weight excluding hydrogens is 314 g/mol. The molecule has 0 fully saturated rings. The molecule has 0 N–H and O–H groups in total. The number of pyridine rings is 2. The Bertz CT molecular complexity index is 1060. The summed E-state index contributed by atoms with van der Waals surface area (Å²) in [6.07, 6.45) is 5.39. The van der Waals surface area contributed by atoms with Gasteiger partial charge in [-0.15, -0.1) is 0 Å². The van der Waals surface area contributed by atoms with Gasteiger partial charge in [0, 0.05) is 47.6 Å². The van der Waals surface area contributed by atoms with Crippen molar-refractivity contribution >= 4 is 21.7 Å². The van der Waals surface area contributed by atoms with Gasteiger partial charge in [-0.1, -0.05) is 12.1 Å². The Balaban J connectivity index is 1.91. The highest BCUT2D eigenvalue weighted by Gasteiger charge is 2.17. The fraction of sp³-hybridized carbons (Fsp3) is 0.200. The third-order valence-electron chi connectivity index (χ3n) is 4.62. The highest BCUT2D eigenvalue weighted by atomic mass is 16.5. The monoisotopic (exact) mass is 333 g/mol. The van der Waals surface area contributed by atoms with Crippen molar-refractivity contribution in [3.05, 3.63) is 60.2 Å². The summed E-state index contributed by atoms with van der Waals surface area (Å²) in [6, 6.07) is 9.90. The van der Waals surface area contributed by atoms with Gasteiger partial charge < -0.3 is 14.0 Å². The maximum absolute atomic E-state index is 6.24. The van der Waals surface area contributed by atoms with Gasteiger partial charge in [0.2, 0.25) is 5.88 Å². The number of nitrogens with zero attached hydrogens (tertiary/aromatic N) is 3. The van der Waals surface area contributed by atoms with Crippen LogP contribution in [0.5, 0.6) is 11.6 Å². The number of hydrogen-bond acceptors (Lipinski definition) is 4. The van der Waals surface area contributed by atoms with Crippen molar-refractivity contribution in [3.63, 3.8) is 0 Å². The molecule has 0 unspecified atom stereocenters. The fourth-order valence-electron chi connectivity index (χ4n) is 3.21. The van der Waals surface area contributed by atoms with Gasteiger partial charge in [0.15, 0.2) is 0 Å². The summed E-state index contributed by atoms with van der Waals surface area (Å²) in [6.45, 7) is 4.65. The van der Waals surface area contributed by atoms with Gasteiger partial charge in [-0.25, -0.2) is 4.98 Å². The molecule has 0 amide bonds. The van der Waals surface area contributed by atoms with E-state index in [0.29, 0.717) is 12.6 Å². The number of hydrogen-bond donors (Lipinski definition) is 0. The molecule has 0 spiro atoms. The van der Waals surface area contributed by atoms with Crippen molar-refractivity contribution in [2.75, 3.05) is 7.11 Å². The van der Waals surface area contributed by atoms with Crippen molar-refractivity contribution in [2.24, 2.45) is 0 Å². The van der Waals surface area contributed by atoms with E-state index in [-0.39, 0.29) is 0 Å². The molecule has 0 radical (unpaired) electrons. The summed E-state index contributed by atoms with van der Waals surface area (Å²) >= 11 is 0. The van der Waals surface area contributed by atoms with E-state index in [9.17, 15) is 0 Å². The van der Waals surface area contributed by atoms with Crippen molar-refractivity contribution < 1.29 is 9.47 Å². The minimum Gasteiger partial charge on any atom is -0.436 e. The highest BCUT2D eigenvalue weighted by Crippen LogP contribution is 2.35. The molecule has 0 aliphatic heterocycles. The molecule has 0 bridgehead atoms. The average molecular weight is 333 g/mol. The predicted octanol–water partition coefficient (Wildman–Crippen LogP) is 4.60. The Morgan fingerprint density at radius 2 is 1.88 bits per heavy atom. The van der Waals surface area contributed by atoms with Crippen LogP contribution in [0.3, 0.4) is 0 Å². The Morgan fingerprint density at radius 1 is 1.04 bits per heavy atom. The van der Waals surface area contributed by atoms with E-state index >= 15 is 0 Å². The van der Waals surface area contributed by atoms with Crippen LogP contribution < -0.4 is 4.74 Å². The average Bonchev–Trinajstić information content (AvgIpc) is 2.88. The number of aryl methyl sites for hydroxylation is 1. The van der Waals surface area contributed by atoms with Crippen LogP contribution in [0.4, 0.5) is 0 Å². The molecule has 0 aliphatic rings. The van der Waals surface area contributed by atoms with Crippen molar-refractivity contribution in [2.45, 2.75) is 20.6 Å². The zero-order valence-electron chi connectivity index (χ0n) is 14.5. The lowest BCUT2D eigenvalue weighted by Crippen LogP contribution is -2.03. The molecule has 3 heterocycles. The molecule has 4 aromatic rings. The summed E-state index contributed by atoms with van der Waals surface area (Å²) in [7, 11) is 1.69. The van der Waals surface area contributed by atoms with Crippen LogP contribution in [-0.2, 0) is 11.5 Å². The maximum Gasteiger partial charge on any atom is 0.244 e. The number of methoxy groups -OCH3 is 1. The minimum atomic E-state index is 0.456. The van der Waals surface area contributed by atoms with Crippen LogP contribution in [0, 0.1) is 13.8 Å². The summed E-state index contributed by atoms with van der Waals surface area (Å²) in [5.41, 5.74) is 3.31. The first-order valence-corrected chi connectivity index (χ1v) is 8.14. The zero-order chi connectivity index (χ0) is 17.4. The number of rotatable bonds is 4. The van der Waals surface area contributed by atoms with E-state index in [0.717, 1.165) is 33.1 Å². The maximum atomic E-state index is 6.24. The number of fused-ring (bicyclic) bond motifs is 2. The molecule has 0 saturated heterocycles. The molecule has 0 atom stereocenters. The van der Waals surface area contributed by atoms with E-state index in [1.165, 1.54) is 5.56 Å². The van der Waals surface area contributed by atoms with Gasteiger partial charge >= 0.3 is 0 Å². The Morgan fingerprint density at radius 3 is 2.72 bits per heavy atom. The van der Waals surface area contributed by atoms with E-state index in [4.69, 9.17) is 9.47 Å². The molecule has 5 heteroatoms. The van der Waals surface area contributed by atoms with Gasteiger partial charge in [0.05, 0.1) is 0 Å². The van der Waals surface area contributed by atoms with Gasteiger partial charge in [0.25, 0.3) is 0 Å². The normalized spacial score (nSPS) is 11.3. The van der Waals surface area contributed by atoms with E-state index in [1.54, 1.807) is 19.5 Å². The number of benzene rings is 1. The molecule has 0 aliphatic carbocycles. The lowest BCUT2D eigenvalue weighted by molar-refractivity contribution is 0.133. The van der Waals surface area contributed by atoms with Crippen molar-refractivity contribution in [3.8, 4) is 11.6 Å². The molecule has 126 valence electrons. The summed E-state index contributed by atoms with van der Waals surface area (Å²) in [5, 5.41) is 3.17. The van der Waals surface area contributed by atoms with Crippen molar-refractivity contribution in [1.82, 2.24) is 14.5 Å². The van der Waals surface area contributed by atoms with Gasteiger partial charge in [-0.2, -0.15) is 0 Å². The van der Waals surface area contributed by atoms with Gasteiger partial charge in [-0.05, 0) is 37.6 Å². The molecule has 4 rings (SSSR count). The first-order valence-electron chi connectivity index (χ1n) is 8.14. The number of ether oxygens (including phenoxy) is 2. The zero-order valence-corrected chi connectivity index (χ0v) is 14.5. The molecule has 5 nitrogen and oxygen atoms in total. The molecule has 0 saturated carbocycles. The second-order valence-electron chi connectivity index (χ2n) is 6.02. The molecule has 1 aromatic carbocycles. The second-order valence-corrected chi connectivity index (χ2v) is 6.02. The first-order chi connectivity index (χ1) is 12.2. The lowest BCUT2D eigenvalue weighted by Gasteiger charge is -2.12. The molecular formula is C20H19N3O2.